The number of hydrogen-bond acceptors (Lipinski definition) is 9. The highest BCUT2D eigenvalue weighted by Gasteiger charge is 2.48. The van der Waals surface area contributed by atoms with Gasteiger partial charge in [-0.25, -0.2) is 17.6 Å². The fraction of sp³-hybridized carbons (Fsp3) is 0.477. The topological polar surface area (TPSA) is 134 Å². The Kier molecular flexibility index (Phi) is 9.62. The van der Waals surface area contributed by atoms with E-state index in [1.54, 1.807) is 32.4 Å². The highest BCUT2D eigenvalue weighted by atomic mass is 19.3. The van der Waals surface area contributed by atoms with Crippen molar-refractivity contribution in [2.45, 2.75) is 83.2 Å². The molecule has 3 fully saturated rings. The number of nitrogens with one attached hydrogen (secondary N) is 2. The fourth-order valence-corrected chi connectivity index (χ4v) is 11.0. The molecule has 320 valence electrons. The maximum atomic E-state index is 16.3. The second kappa shape index (κ2) is 14.8. The van der Waals surface area contributed by atoms with E-state index in [1.807, 2.05) is 20.8 Å². The molecule has 61 heavy (non-hydrogen) atoms. The molecule has 7 heterocycles. The quantitative estimate of drug-likeness (QED) is 0.192. The maximum absolute atomic E-state index is 16.3. The van der Waals surface area contributed by atoms with E-state index >= 15 is 8.78 Å². The molecular formula is C44H46F4N8O5. The van der Waals surface area contributed by atoms with Crippen molar-refractivity contribution in [3.05, 3.63) is 87.1 Å². The van der Waals surface area contributed by atoms with Crippen molar-refractivity contribution in [1.82, 2.24) is 35.1 Å². The van der Waals surface area contributed by atoms with Crippen molar-refractivity contribution in [1.29, 1.82) is 0 Å². The predicted molar refractivity (Wildman–Crippen MR) is 214 cm³/mol. The van der Waals surface area contributed by atoms with Crippen LogP contribution in [0.2, 0.25) is 0 Å². The fourth-order valence-electron chi connectivity index (χ4n) is 11.0. The van der Waals surface area contributed by atoms with Gasteiger partial charge >= 0.3 is 0 Å². The third-order valence-corrected chi connectivity index (χ3v) is 14.1. The summed E-state index contributed by atoms with van der Waals surface area (Å²) in [5.74, 6) is -2.06. The van der Waals surface area contributed by atoms with Gasteiger partial charge in [-0.2, -0.15) is 5.10 Å². The molecule has 0 aliphatic carbocycles. The van der Waals surface area contributed by atoms with E-state index in [9.17, 15) is 28.0 Å². The lowest BCUT2D eigenvalue weighted by molar-refractivity contribution is -0.146. The molecule has 10 rings (SSSR count). The summed E-state index contributed by atoms with van der Waals surface area (Å²) in [7, 11) is 1.55. The molecule has 3 saturated heterocycles. The van der Waals surface area contributed by atoms with Crippen molar-refractivity contribution < 1.29 is 41.5 Å². The zero-order chi connectivity index (χ0) is 42.5. The summed E-state index contributed by atoms with van der Waals surface area (Å²) in [6.45, 7) is 4.78. The van der Waals surface area contributed by atoms with E-state index in [-0.39, 0.29) is 54.6 Å². The van der Waals surface area contributed by atoms with Crippen LogP contribution in [0, 0.1) is 17.0 Å². The number of nitrogens with zero attached hydrogens (tertiary/aromatic N) is 6. The molecule has 13 nitrogen and oxygen atoms in total. The van der Waals surface area contributed by atoms with Gasteiger partial charge in [-0.3, -0.25) is 39.4 Å². The van der Waals surface area contributed by atoms with Gasteiger partial charge in [0.15, 0.2) is 0 Å². The molecule has 1 unspecified atom stereocenters. The van der Waals surface area contributed by atoms with E-state index in [4.69, 9.17) is 4.74 Å². The lowest BCUT2D eigenvalue weighted by Gasteiger charge is -2.54. The summed E-state index contributed by atoms with van der Waals surface area (Å²) in [4.78, 5) is 60.2. The number of likely N-dealkylation sites (tertiary alicyclic amines) is 1. The highest BCUT2D eigenvalue weighted by Crippen LogP contribution is 2.46. The number of H-pyrrole nitrogens is 1. The molecule has 3 atom stereocenters. The molecule has 0 saturated carbocycles. The second-order valence-corrected chi connectivity index (χ2v) is 17.7. The number of benzene rings is 3. The number of carbonyl (C=O) groups excluding carboxylic acids is 4. The Morgan fingerprint density at radius 2 is 1.75 bits per heavy atom. The summed E-state index contributed by atoms with van der Waals surface area (Å²) in [6.07, 6.45) is 1.33. The highest BCUT2D eigenvalue weighted by molar-refractivity contribution is 6.06. The van der Waals surface area contributed by atoms with Gasteiger partial charge in [0.1, 0.15) is 23.4 Å². The Bertz CT molecular complexity index is 2470. The van der Waals surface area contributed by atoms with E-state index < -0.39 is 48.6 Å². The van der Waals surface area contributed by atoms with E-state index in [2.05, 4.69) is 15.5 Å². The minimum Gasteiger partial charge on any atom is -0.496 e. The zero-order valence-electron chi connectivity index (χ0n) is 33.9. The van der Waals surface area contributed by atoms with Crippen LogP contribution in [0.3, 0.4) is 0 Å². The van der Waals surface area contributed by atoms with Gasteiger partial charge in [-0.15, -0.1) is 0 Å². The van der Waals surface area contributed by atoms with Crippen LogP contribution >= 0.6 is 0 Å². The average molecular weight is 843 g/mol. The zero-order valence-corrected chi connectivity index (χ0v) is 33.9. The van der Waals surface area contributed by atoms with Crippen LogP contribution in [0.1, 0.15) is 82.4 Å². The Morgan fingerprint density at radius 1 is 1.00 bits per heavy atom. The predicted octanol–water partition coefficient (Wildman–Crippen LogP) is 4.66. The first-order valence-corrected chi connectivity index (χ1v) is 20.9. The smallest absolute Gasteiger partial charge is 0.255 e. The molecule has 1 aromatic heterocycles. The van der Waals surface area contributed by atoms with Crippen molar-refractivity contribution in [3.63, 3.8) is 0 Å². The van der Waals surface area contributed by atoms with Crippen LogP contribution in [-0.4, -0.2) is 118 Å². The average Bonchev–Trinajstić information content (AvgIpc) is 3.94. The van der Waals surface area contributed by atoms with Crippen LogP contribution in [-0.2, 0) is 40.4 Å². The number of rotatable bonds is 8. The standard InChI is InChI=1S/C44H46F4N8O5/c1-23-11-27-26(3-4-34-29(27)15-49-51-34)40(55(23)19-36(47)48)39-32(45)13-25(14-33(39)46)53-9-7-44(8-10-53)21-54(22-44)38(58)20-52-16-24-12-28-31(41(61-2)30(24)17-52)18-56(43(28)60)35-5-6-37(57)50-42(35)59/h3-4,12-15,23,35-36,40H,5-11,16-22H2,1-2H3,(H,49,51)(H,50,57,59)/t23-,35?,40+/m1/s1. The molecule has 17 heteroatoms. The Hall–Kier alpha value is -5.55. The number of imide groups is 1. The minimum atomic E-state index is -2.69. The third-order valence-electron chi connectivity index (χ3n) is 14.1. The molecule has 2 N–H and O–H groups in total. The second-order valence-electron chi connectivity index (χ2n) is 17.7. The molecule has 4 amide bonds. The van der Waals surface area contributed by atoms with Gasteiger partial charge in [0.05, 0.1) is 44.5 Å². The van der Waals surface area contributed by atoms with Crippen LogP contribution in [0.15, 0.2) is 36.5 Å². The normalized spacial score (nSPS) is 23.8. The first-order valence-electron chi connectivity index (χ1n) is 20.9. The number of fused-ring (bicyclic) bond motifs is 5. The first-order chi connectivity index (χ1) is 29.3. The van der Waals surface area contributed by atoms with Crippen LogP contribution in [0.25, 0.3) is 10.9 Å². The number of aromatic amines is 1. The number of halogens is 4. The SMILES string of the molecule is COc1c2c(cc3c1CN(C1CCC(=O)NC1=O)C3=O)CN(CC(=O)N1CC3(CCN(c4cc(F)c([C@@H]5c6ccc7[nH]ncc7c6C[C@@H](C)N5CC(F)F)c(F)c4)CC3)C1)C2. The minimum absolute atomic E-state index is 0.000188. The number of hydrogen-bond donors (Lipinski definition) is 2. The van der Waals surface area contributed by atoms with Crippen molar-refractivity contribution in [2.75, 3.05) is 51.3 Å². The van der Waals surface area contributed by atoms with Crippen molar-refractivity contribution in [2.24, 2.45) is 5.41 Å². The summed E-state index contributed by atoms with van der Waals surface area (Å²) in [5, 5.41) is 10.2. The molecule has 0 bridgehead atoms. The number of ether oxygens (including phenoxy) is 1. The maximum Gasteiger partial charge on any atom is 0.255 e. The lowest BCUT2D eigenvalue weighted by atomic mass is 9.72. The monoisotopic (exact) mass is 842 g/mol. The van der Waals surface area contributed by atoms with Gasteiger partial charge in [-0.1, -0.05) is 6.07 Å². The number of aromatic nitrogens is 2. The third kappa shape index (κ3) is 6.62. The van der Waals surface area contributed by atoms with Crippen LogP contribution in [0.4, 0.5) is 23.2 Å². The van der Waals surface area contributed by atoms with E-state index in [1.165, 1.54) is 21.9 Å². The summed E-state index contributed by atoms with van der Waals surface area (Å²) in [6, 6.07) is 5.86. The molecule has 4 aromatic rings. The molecule has 0 radical (unpaired) electrons. The van der Waals surface area contributed by atoms with Crippen LogP contribution in [0.5, 0.6) is 5.75 Å². The number of piperidine rings is 2. The number of amides is 4. The lowest BCUT2D eigenvalue weighted by Crippen LogP contribution is -2.63. The summed E-state index contributed by atoms with van der Waals surface area (Å²) in [5.41, 5.74) is 5.28. The number of alkyl halides is 2. The number of anilines is 1. The van der Waals surface area contributed by atoms with Gasteiger partial charge in [0, 0.05) is 90.5 Å². The molecular weight excluding hydrogens is 797 g/mol. The molecule has 6 aliphatic heterocycles. The van der Waals surface area contributed by atoms with Gasteiger partial charge in [0.25, 0.3) is 12.3 Å². The summed E-state index contributed by atoms with van der Waals surface area (Å²) < 4.78 is 66.3. The Balaban J connectivity index is 0.774. The van der Waals surface area contributed by atoms with E-state index in [0.29, 0.717) is 73.8 Å². The van der Waals surface area contributed by atoms with E-state index in [0.717, 1.165) is 40.4 Å². The molecule has 1 spiro atoms. The first kappa shape index (κ1) is 39.6. The van der Waals surface area contributed by atoms with Gasteiger partial charge in [-0.05, 0) is 73.6 Å². The van der Waals surface area contributed by atoms with Crippen molar-refractivity contribution >= 4 is 40.2 Å². The number of methoxy groups -OCH3 is 1. The van der Waals surface area contributed by atoms with Crippen molar-refractivity contribution in [3.8, 4) is 5.75 Å². The molecule has 6 aliphatic rings. The summed E-state index contributed by atoms with van der Waals surface area (Å²) >= 11 is 0. The van der Waals surface area contributed by atoms with Crippen LogP contribution < -0.4 is 15.0 Å². The Labute approximate surface area is 348 Å². The van der Waals surface area contributed by atoms with Gasteiger partial charge < -0.3 is 19.4 Å². The Morgan fingerprint density at radius 3 is 2.46 bits per heavy atom. The largest absolute Gasteiger partial charge is 0.496 e. The number of carbonyl (C=O) groups is 4. The molecule has 3 aromatic carbocycles. The van der Waals surface area contributed by atoms with Gasteiger partial charge in [0.2, 0.25) is 17.7 Å².